The molecule has 0 aliphatic heterocycles. The molecular weight excluding hydrogens is 574 g/mol. The van der Waals surface area contributed by atoms with Gasteiger partial charge in [0.15, 0.2) is 0 Å². The van der Waals surface area contributed by atoms with Crippen molar-refractivity contribution in [2.24, 2.45) is 0 Å². The summed E-state index contributed by atoms with van der Waals surface area (Å²) in [5, 5.41) is 7.64. The van der Waals surface area contributed by atoms with E-state index in [9.17, 15) is 0 Å². The Labute approximate surface area is 249 Å². The van der Waals surface area contributed by atoms with Gasteiger partial charge in [0.25, 0.3) is 0 Å². The van der Waals surface area contributed by atoms with E-state index in [-0.39, 0.29) is 17.1 Å². The van der Waals surface area contributed by atoms with Crippen LogP contribution < -0.4 is 36.6 Å². The molecule has 1 nitrogen and oxygen atoms in total. The molecule has 0 atom stereocenters. The molecule has 0 saturated heterocycles. The first-order valence-electron chi connectivity index (χ1n) is 13.0. The molecule has 0 spiro atoms. The Morgan fingerprint density at radius 3 is 0.850 bits per heavy atom. The van der Waals surface area contributed by atoms with Crippen LogP contribution in [0.3, 0.4) is 0 Å². The van der Waals surface area contributed by atoms with E-state index in [0.717, 1.165) is 11.5 Å². The van der Waals surface area contributed by atoms with Crippen molar-refractivity contribution in [1.82, 2.24) is 0 Å². The molecule has 1 radical (unpaired) electrons. The number of ether oxygens (including phenoxy) is 1. The zero-order valence-electron chi connectivity index (χ0n) is 21.8. The average molecular weight is 602 g/mol. The Hall–Kier alpha value is -3.50. The minimum atomic E-state index is -0.795. The van der Waals surface area contributed by atoms with Gasteiger partial charge < -0.3 is 4.74 Å². The fraction of sp³-hybridized carbons (Fsp3) is 0. The van der Waals surface area contributed by atoms with Crippen molar-refractivity contribution in [1.29, 1.82) is 0 Å². The van der Waals surface area contributed by atoms with E-state index in [0.29, 0.717) is 0 Å². The average Bonchev–Trinajstić information content (AvgIpc) is 3.01. The molecule has 0 aliphatic carbocycles. The van der Waals surface area contributed by atoms with Gasteiger partial charge in [-0.25, -0.2) is 0 Å². The van der Waals surface area contributed by atoms with E-state index in [1.54, 1.807) is 0 Å². The molecule has 6 aromatic rings. The van der Waals surface area contributed by atoms with Crippen molar-refractivity contribution in [2.45, 2.75) is 0 Å². The second kappa shape index (κ2) is 13.7. The molecule has 199 valence electrons. The standard InChI is InChI=1S/C36H28OP2.Cu/c1-5-17-29(18-6-1)38(30-19-7-2-8-20-30)35-27-15-13-25-33(35)37-34-26-14-16-28-36(34)39(31-21-9-3-10-22-31)32-23-11-4-12-24-32;/h1-28H;. The third-order valence-corrected chi connectivity index (χ3v) is 11.5. The van der Waals surface area contributed by atoms with E-state index in [4.69, 9.17) is 4.74 Å². The van der Waals surface area contributed by atoms with E-state index < -0.39 is 15.8 Å². The predicted molar refractivity (Wildman–Crippen MR) is 170 cm³/mol. The summed E-state index contributed by atoms with van der Waals surface area (Å²) >= 11 is 0. The first kappa shape index (κ1) is 28.0. The van der Waals surface area contributed by atoms with E-state index in [1.807, 2.05) is 0 Å². The van der Waals surface area contributed by atoms with Crippen molar-refractivity contribution in [3.05, 3.63) is 170 Å². The Morgan fingerprint density at radius 2 is 0.550 bits per heavy atom. The molecule has 4 heteroatoms. The molecule has 6 aromatic carbocycles. The van der Waals surface area contributed by atoms with Crippen LogP contribution >= 0.6 is 15.8 Å². The molecule has 0 amide bonds. The molecule has 40 heavy (non-hydrogen) atoms. The van der Waals surface area contributed by atoms with Gasteiger partial charge >= 0.3 is 0 Å². The summed E-state index contributed by atoms with van der Waals surface area (Å²) in [7, 11) is -1.59. The van der Waals surface area contributed by atoms with Gasteiger partial charge in [-0.3, -0.25) is 0 Å². The Morgan fingerprint density at radius 1 is 0.300 bits per heavy atom. The molecule has 0 heterocycles. The van der Waals surface area contributed by atoms with Crippen molar-refractivity contribution in [2.75, 3.05) is 0 Å². The van der Waals surface area contributed by atoms with Gasteiger partial charge in [-0.15, -0.1) is 0 Å². The summed E-state index contributed by atoms with van der Waals surface area (Å²) in [6.45, 7) is 0. The Bertz CT molecular complexity index is 1420. The zero-order valence-corrected chi connectivity index (χ0v) is 24.5. The van der Waals surface area contributed by atoms with Gasteiger partial charge in [-0.2, -0.15) is 0 Å². The quantitative estimate of drug-likeness (QED) is 0.135. The maximum absolute atomic E-state index is 6.92. The predicted octanol–water partition coefficient (Wildman–Crippen LogP) is 6.99. The topological polar surface area (TPSA) is 9.23 Å². The van der Waals surface area contributed by atoms with Crippen LogP contribution in [0.1, 0.15) is 0 Å². The molecular formula is C36H28CuOP2. The van der Waals surface area contributed by atoms with Crippen LogP contribution in [0, 0.1) is 0 Å². The van der Waals surface area contributed by atoms with E-state index in [2.05, 4.69) is 170 Å². The van der Waals surface area contributed by atoms with Crippen LogP contribution in [0.2, 0.25) is 0 Å². The van der Waals surface area contributed by atoms with Gasteiger partial charge in [0, 0.05) is 27.7 Å². The third kappa shape index (κ3) is 6.28. The van der Waals surface area contributed by atoms with Crippen molar-refractivity contribution < 1.29 is 21.8 Å². The monoisotopic (exact) mass is 601 g/mol. The normalized spacial score (nSPS) is 10.8. The summed E-state index contributed by atoms with van der Waals surface area (Å²) in [5.41, 5.74) is 0. The van der Waals surface area contributed by atoms with Crippen molar-refractivity contribution in [3.8, 4) is 11.5 Å². The fourth-order valence-electron chi connectivity index (χ4n) is 4.74. The van der Waals surface area contributed by atoms with Gasteiger partial charge in [0.2, 0.25) is 0 Å². The molecule has 0 unspecified atom stereocenters. The van der Waals surface area contributed by atoms with Crippen molar-refractivity contribution >= 4 is 47.7 Å². The summed E-state index contributed by atoms with van der Waals surface area (Å²) in [5.74, 6) is 1.81. The van der Waals surface area contributed by atoms with Crippen LogP contribution in [0.25, 0.3) is 0 Å². The van der Waals surface area contributed by atoms with Crippen molar-refractivity contribution in [3.63, 3.8) is 0 Å². The molecule has 0 aliphatic rings. The summed E-state index contributed by atoms with van der Waals surface area (Å²) < 4.78 is 6.92. The van der Waals surface area contributed by atoms with Gasteiger partial charge in [-0.1, -0.05) is 158 Å². The molecule has 0 aromatic heterocycles. The van der Waals surface area contributed by atoms with Gasteiger partial charge in [-0.05, 0) is 49.2 Å². The van der Waals surface area contributed by atoms with Crippen LogP contribution in [-0.4, -0.2) is 0 Å². The second-order valence-corrected chi connectivity index (χ2v) is 13.4. The largest absolute Gasteiger partial charge is 0.456 e. The molecule has 6 rings (SSSR count). The SMILES string of the molecule is [Cu].c1ccc(P(c2ccccc2)c2ccccc2Oc2ccccc2P(c2ccccc2)c2ccccc2)cc1. The van der Waals surface area contributed by atoms with Gasteiger partial charge in [0.1, 0.15) is 11.5 Å². The Balaban J connectivity index is 0.00000323. The third-order valence-electron chi connectivity index (χ3n) is 6.49. The van der Waals surface area contributed by atoms with Crippen LogP contribution in [0.5, 0.6) is 11.5 Å². The molecule has 0 bridgehead atoms. The van der Waals surface area contributed by atoms with Crippen LogP contribution in [-0.2, 0) is 17.1 Å². The van der Waals surface area contributed by atoms with E-state index >= 15 is 0 Å². The molecule has 0 saturated carbocycles. The summed E-state index contributed by atoms with van der Waals surface area (Å²) in [6.07, 6.45) is 0. The fourth-order valence-corrected chi connectivity index (χ4v) is 9.48. The summed E-state index contributed by atoms with van der Waals surface area (Å²) in [4.78, 5) is 0. The Kier molecular flexibility index (Phi) is 9.62. The summed E-state index contributed by atoms with van der Waals surface area (Å²) in [6, 6.07) is 60.2. The molecule has 0 fully saturated rings. The second-order valence-electron chi connectivity index (χ2n) is 9.05. The zero-order chi connectivity index (χ0) is 26.3. The first-order chi connectivity index (χ1) is 19.4. The number of hydrogen-bond donors (Lipinski definition) is 0. The van der Waals surface area contributed by atoms with Crippen LogP contribution in [0.4, 0.5) is 0 Å². The number of para-hydroxylation sites is 2. The minimum absolute atomic E-state index is 0. The first-order valence-corrected chi connectivity index (χ1v) is 15.7. The number of benzene rings is 6. The van der Waals surface area contributed by atoms with Crippen LogP contribution in [0.15, 0.2) is 170 Å². The number of rotatable bonds is 8. The molecule has 0 N–H and O–H groups in total. The maximum Gasteiger partial charge on any atom is 0.135 e. The van der Waals surface area contributed by atoms with E-state index in [1.165, 1.54) is 31.8 Å². The smallest absolute Gasteiger partial charge is 0.135 e. The number of hydrogen-bond acceptors (Lipinski definition) is 1. The maximum atomic E-state index is 6.92. The minimum Gasteiger partial charge on any atom is -0.456 e. The van der Waals surface area contributed by atoms with Gasteiger partial charge in [0.05, 0.1) is 0 Å².